The first-order chi connectivity index (χ1) is 8.29. The van der Waals surface area contributed by atoms with Crippen LogP contribution in [-0.2, 0) is 6.54 Å². The zero-order chi connectivity index (χ0) is 12.1. The van der Waals surface area contributed by atoms with Crippen LogP contribution in [0.15, 0.2) is 18.3 Å². The summed E-state index contributed by atoms with van der Waals surface area (Å²) in [6, 6.07) is 3.93. The second-order valence-corrected chi connectivity index (χ2v) is 4.64. The van der Waals surface area contributed by atoms with Crippen molar-refractivity contribution >= 4 is 0 Å². The summed E-state index contributed by atoms with van der Waals surface area (Å²) in [6.45, 7) is 1.72. The van der Waals surface area contributed by atoms with Gasteiger partial charge >= 0.3 is 0 Å². The molecule has 0 aromatic carbocycles. The lowest BCUT2D eigenvalue weighted by molar-refractivity contribution is 0.177. The molecule has 1 saturated carbocycles. The van der Waals surface area contributed by atoms with Crippen LogP contribution in [0.3, 0.4) is 0 Å². The standard InChI is InChI=1S/C13H20N2O2/c1-17-13-11(3-2-6-15-13)9-14-8-10-4-5-12(16)7-10/h2-3,6,10,12,14,16H,4-5,7-9H2,1H3. The summed E-state index contributed by atoms with van der Waals surface area (Å²) in [7, 11) is 1.64. The maximum absolute atomic E-state index is 9.44. The number of methoxy groups -OCH3 is 1. The average molecular weight is 236 g/mol. The third-order valence-corrected chi connectivity index (χ3v) is 3.31. The first kappa shape index (κ1) is 12.3. The Labute approximate surface area is 102 Å². The van der Waals surface area contributed by atoms with E-state index in [1.165, 1.54) is 0 Å². The lowest BCUT2D eigenvalue weighted by atomic mass is 10.1. The van der Waals surface area contributed by atoms with Crippen LogP contribution in [0.2, 0.25) is 0 Å². The molecule has 1 fully saturated rings. The molecule has 1 aliphatic rings. The fourth-order valence-electron chi connectivity index (χ4n) is 2.39. The number of pyridine rings is 1. The van der Waals surface area contributed by atoms with Gasteiger partial charge in [0, 0.05) is 18.3 Å². The molecule has 2 N–H and O–H groups in total. The molecule has 17 heavy (non-hydrogen) atoms. The predicted octanol–water partition coefficient (Wildman–Crippen LogP) is 1.34. The Balaban J connectivity index is 1.78. The van der Waals surface area contributed by atoms with E-state index in [9.17, 15) is 5.11 Å². The molecule has 94 valence electrons. The van der Waals surface area contributed by atoms with Crippen molar-refractivity contribution in [1.82, 2.24) is 10.3 Å². The number of nitrogens with one attached hydrogen (secondary N) is 1. The maximum Gasteiger partial charge on any atom is 0.217 e. The van der Waals surface area contributed by atoms with E-state index in [4.69, 9.17) is 4.74 Å². The van der Waals surface area contributed by atoms with Gasteiger partial charge in [0.15, 0.2) is 0 Å². The van der Waals surface area contributed by atoms with Gasteiger partial charge in [-0.25, -0.2) is 4.98 Å². The molecule has 1 aliphatic carbocycles. The highest BCUT2D eigenvalue weighted by molar-refractivity contribution is 5.24. The molecule has 2 rings (SSSR count). The fraction of sp³-hybridized carbons (Fsp3) is 0.615. The first-order valence-corrected chi connectivity index (χ1v) is 6.16. The summed E-state index contributed by atoms with van der Waals surface area (Å²) < 4.78 is 5.19. The number of nitrogens with zero attached hydrogens (tertiary/aromatic N) is 1. The Hall–Kier alpha value is -1.13. The lowest BCUT2D eigenvalue weighted by Crippen LogP contribution is -2.21. The molecule has 2 unspecified atom stereocenters. The molecular formula is C13H20N2O2. The zero-order valence-corrected chi connectivity index (χ0v) is 10.2. The van der Waals surface area contributed by atoms with Crippen molar-refractivity contribution in [3.05, 3.63) is 23.9 Å². The van der Waals surface area contributed by atoms with Gasteiger partial charge in [0.05, 0.1) is 13.2 Å². The van der Waals surface area contributed by atoms with Crippen LogP contribution in [0.1, 0.15) is 24.8 Å². The van der Waals surface area contributed by atoms with Crippen molar-refractivity contribution in [2.75, 3.05) is 13.7 Å². The highest BCUT2D eigenvalue weighted by Gasteiger charge is 2.22. The van der Waals surface area contributed by atoms with Crippen molar-refractivity contribution in [3.63, 3.8) is 0 Å². The highest BCUT2D eigenvalue weighted by Crippen LogP contribution is 2.24. The van der Waals surface area contributed by atoms with Crippen LogP contribution in [0.25, 0.3) is 0 Å². The quantitative estimate of drug-likeness (QED) is 0.810. The van der Waals surface area contributed by atoms with Gasteiger partial charge in [-0.15, -0.1) is 0 Å². The van der Waals surface area contributed by atoms with Crippen LogP contribution in [0, 0.1) is 5.92 Å². The SMILES string of the molecule is COc1ncccc1CNCC1CCC(O)C1. The van der Waals surface area contributed by atoms with Gasteiger partial charge in [0.2, 0.25) is 5.88 Å². The Kier molecular flexibility index (Phi) is 4.34. The van der Waals surface area contributed by atoms with E-state index in [1.807, 2.05) is 12.1 Å². The predicted molar refractivity (Wildman–Crippen MR) is 65.8 cm³/mol. The maximum atomic E-state index is 9.44. The number of rotatable bonds is 5. The van der Waals surface area contributed by atoms with Crippen molar-refractivity contribution in [1.29, 1.82) is 0 Å². The third-order valence-electron chi connectivity index (χ3n) is 3.31. The third kappa shape index (κ3) is 3.41. The summed E-state index contributed by atoms with van der Waals surface area (Å²) in [5.74, 6) is 1.29. The number of aliphatic hydroxyl groups is 1. The Bertz CT molecular complexity index is 357. The summed E-state index contributed by atoms with van der Waals surface area (Å²) >= 11 is 0. The molecule has 0 aliphatic heterocycles. The average Bonchev–Trinajstić information content (AvgIpc) is 2.76. The Morgan fingerprint density at radius 3 is 3.12 bits per heavy atom. The second kappa shape index (κ2) is 5.98. The van der Waals surface area contributed by atoms with E-state index in [2.05, 4.69) is 10.3 Å². The fourth-order valence-corrected chi connectivity index (χ4v) is 2.39. The van der Waals surface area contributed by atoms with Crippen molar-refractivity contribution < 1.29 is 9.84 Å². The van der Waals surface area contributed by atoms with Gasteiger partial charge in [-0.3, -0.25) is 0 Å². The van der Waals surface area contributed by atoms with E-state index in [1.54, 1.807) is 13.3 Å². The van der Waals surface area contributed by atoms with Crippen LogP contribution < -0.4 is 10.1 Å². The number of aromatic nitrogens is 1. The van der Waals surface area contributed by atoms with E-state index < -0.39 is 0 Å². The number of hydrogen-bond donors (Lipinski definition) is 2. The molecule has 1 aromatic rings. The molecule has 2 atom stereocenters. The summed E-state index contributed by atoms with van der Waals surface area (Å²) in [4.78, 5) is 4.16. The summed E-state index contributed by atoms with van der Waals surface area (Å²) in [5, 5.41) is 12.8. The first-order valence-electron chi connectivity index (χ1n) is 6.16. The molecule has 4 heteroatoms. The van der Waals surface area contributed by atoms with E-state index in [-0.39, 0.29) is 6.10 Å². The van der Waals surface area contributed by atoms with Gasteiger partial charge < -0.3 is 15.2 Å². The second-order valence-electron chi connectivity index (χ2n) is 4.64. The van der Waals surface area contributed by atoms with Crippen molar-refractivity contribution in [2.24, 2.45) is 5.92 Å². The van der Waals surface area contributed by atoms with Gasteiger partial charge in [0.25, 0.3) is 0 Å². The van der Waals surface area contributed by atoms with E-state index >= 15 is 0 Å². The van der Waals surface area contributed by atoms with Crippen molar-refractivity contribution in [3.8, 4) is 5.88 Å². The molecule has 1 heterocycles. The summed E-state index contributed by atoms with van der Waals surface area (Å²) in [6.07, 6.45) is 4.64. The Morgan fingerprint density at radius 1 is 1.53 bits per heavy atom. The monoisotopic (exact) mass is 236 g/mol. The highest BCUT2D eigenvalue weighted by atomic mass is 16.5. The molecule has 0 saturated heterocycles. The topological polar surface area (TPSA) is 54.4 Å². The molecule has 0 radical (unpaired) electrons. The number of hydrogen-bond acceptors (Lipinski definition) is 4. The van der Waals surface area contributed by atoms with Gasteiger partial charge in [-0.05, 0) is 37.8 Å². The van der Waals surface area contributed by atoms with E-state index in [0.717, 1.165) is 37.9 Å². The molecule has 4 nitrogen and oxygen atoms in total. The smallest absolute Gasteiger partial charge is 0.217 e. The van der Waals surface area contributed by atoms with E-state index in [0.29, 0.717) is 11.8 Å². The molecule has 0 bridgehead atoms. The van der Waals surface area contributed by atoms with Gasteiger partial charge in [-0.2, -0.15) is 0 Å². The minimum Gasteiger partial charge on any atom is -0.481 e. The minimum absolute atomic E-state index is 0.0882. The summed E-state index contributed by atoms with van der Waals surface area (Å²) in [5.41, 5.74) is 1.08. The van der Waals surface area contributed by atoms with Crippen LogP contribution >= 0.6 is 0 Å². The molecular weight excluding hydrogens is 216 g/mol. The van der Waals surface area contributed by atoms with Gasteiger partial charge in [-0.1, -0.05) is 6.07 Å². The Morgan fingerprint density at radius 2 is 2.41 bits per heavy atom. The van der Waals surface area contributed by atoms with Crippen LogP contribution in [-0.4, -0.2) is 29.8 Å². The van der Waals surface area contributed by atoms with Crippen LogP contribution in [0.4, 0.5) is 0 Å². The molecule has 0 amide bonds. The minimum atomic E-state index is -0.0882. The zero-order valence-electron chi connectivity index (χ0n) is 10.2. The largest absolute Gasteiger partial charge is 0.481 e. The van der Waals surface area contributed by atoms with Gasteiger partial charge in [0.1, 0.15) is 0 Å². The molecule has 1 aromatic heterocycles. The lowest BCUT2D eigenvalue weighted by Gasteiger charge is -2.12. The number of ether oxygens (including phenoxy) is 1. The normalized spacial score (nSPS) is 23.9. The van der Waals surface area contributed by atoms with Crippen molar-refractivity contribution in [2.45, 2.75) is 31.9 Å². The molecule has 0 spiro atoms. The number of aliphatic hydroxyl groups excluding tert-OH is 1. The van der Waals surface area contributed by atoms with Crippen LogP contribution in [0.5, 0.6) is 5.88 Å².